The molecule has 0 aliphatic heterocycles. The molecule has 19 heavy (non-hydrogen) atoms. The zero-order chi connectivity index (χ0) is 14.0. The van der Waals surface area contributed by atoms with Crippen LogP contribution in [0.5, 0.6) is 0 Å². The Morgan fingerprint density at radius 1 is 1.53 bits per heavy atom. The summed E-state index contributed by atoms with van der Waals surface area (Å²) >= 11 is 9.11. The van der Waals surface area contributed by atoms with E-state index < -0.39 is 5.82 Å². The number of carbonyl (C=O) groups excluding carboxylic acids is 1. The molecular formula is C13H15BrClFN2O. The van der Waals surface area contributed by atoms with Crippen molar-refractivity contribution in [3.63, 3.8) is 0 Å². The van der Waals surface area contributed by atoms with Gasteiger partial charge in [0.15, 0.2) is 0 Å². The van der Waals surface area contributed by atoms with Gasteiger partial charge in [0.05, 0.1) is 10.7 Å². The molecule has 1 aliphatic rings. The van der Waals surface area contributed by atoms with Crippen molar-refractivity contribution in [3.8, 4) is 0 Å². The van der Waals surface area contributed by atoms with Crippen LogP contribution in [-0.2, 0) is 4.79 Å². The van der Waals surface area contributed by atoms with Gasteiger partial charge in [-0.3, -0.25) is 4.79 Å². The summed E-state index contributed by atoms with van der Waals surface area (Å²) in [7, 11) is 0. The van der Waals surface area contributed by atoms with Crippen LogP contribution in [0.25, 0.3) is 0 Å². The van der Waals surface area contributed by atoms with Crippen LogP contribution in [0.1, 0.15) is 25.7 Å². The molecule has 0 bridgehead atoms. The summed E-state index contributed by atoms with van der Waals surface area (Å²) in [6, 6.07) is 2.44. The van der Waals surface area contributed by atoms with E-state index in [9.17, 15) is 9.18 Å². The molecule has 1 aliphatic carbocycles. The van der Waals surface area contributed by atoms with E-state index in [1.165, 1.54) is 12.1 Å². The minimum Gasteiger partial charge on any atom is -0.330 e. The summed E-state index contributed by atoms with van der Waals surface area (Å²) in [5.41, 5.74) is 6.06. The van der Waals surface area contributed by atoms with Crippen molar-refractivity contribution in [2.75, 3.05) is 11.9 Å². The van der Waals surface area contributed by atoms with Crippen molar-refractivity contribution in [1.82, 2.24) is 0 Å². The standard InChI is InChI=1S/C13H15BrClFN2O/c14-9-4-8(16)5-10(15)12(9)18-11(19)6-13(7-17)2-1-3-13/h4-5H,1-3,6-7,17H2,(H,18,19). The van der Waals surface area contributed by atoms with Crippen molar-refractivity contribution >= 4 is 39.1 Å². The predicted molar refractivity (Wildman–Crippen MR) is 77.7 cm³/mol. The van der Waals surface area contributed by atoms with Crippen molar-refractivity contribution in [3.05, 3.63) is 27.4 Å². The highest BCUT2D eigenvalue weighted by Crippen LogP contribution is 2.43. The molecule has 1 aromatic carbocycles. The highest BCUT2D eigenvalue weighted by atomic mass is 79.9. The Morgan fingerprint density at radius 2 is 2.21 bits per heavy atom. The lowest BCUT2D eigenvalue weighted by atomic mass is 9.66. The van der Waals surface area contributed by atoms with E-state index in [-0.39, 0.29) is 16.3 Å². The van der Waals surface area contributed by atoms with Crippen LogP contribution in [0.15, 0.2) is 16.6 Å². The summed E-state index contributed by atoms with van der Waals surface area (Å²) in [6.45, 7) is 0.513. The van der Waals surface area contributed by atoms with Gasteiger partial charge in [-0.25, -0.2) is 4.39 Å². The minimum absolute atomic E-state index is 0.0664. The number of benzene rings is 1. The Balaban J connectivity index is 2.07. The normalized spacial score (nSPS) is 16.8. The van der Waals surface area contributed by atoms with Gasteiger partial charge in [-0.1, -0.05) is 18.0 Å². The molecule has 0 atom stereocenters. The van der Waals surface area contributed by atoms with Crippen LogP contribution in [0.4, 0.5) is 10.1 Å². The van der Waals surface area contributed by atoms with Crippen LogP contribution in [0, 0.1) is 11.2 Å². The van der Waals surface area contributed by atoms with E-state index in [2.05, 4.69) is 21.2 Å². The first-order valence-electron chi connectivity index (χ1n) is 6.10. The highest BCUT2D eigenvalue weighted by Gasteiger charge is 2.37. The summed E-state index contributed by atoms with van der Waals surface area (Å²) in [5.74, 6) is -0.591. The molecular weight excluding hydrogens is 335 g/mol. The lowest BCUT2D eigenvalue weighted by molar-refractivity contribution is -0.119. The van der Waals surface area contributed by atoms with E-state index in [1.54, 1.807) is 0 Å². The second-order valence-corrected chi connectivity index (χ2v) is 6.29. The molecule has 0 radical (unpaired) electrons. The number of halogens is 3. The monoisotopic (exact) mass is 348 g/mol. The molecule has 1 saturated carbocycles. The number of hydrogen-bond donors (Lipinski definition) is 2. The molecule has 1 aromatic rings. The summed E-state index contributed by atoms with van der Waals surface area (Å²) in [5, 5.41) is 2.90. The average Bonchev–Trinajstić information content (AvgIpc) is 2.28. The molecule has 0 saturated heterocycles. The molecule has 1 fully saturated rings. The molecule has 3 nitrogen and oxygen atoms in total. The molecule has 104 valence electrons. The van der Waals surface area contributed by atoms with Gasteiger partial charge in [-0.05, 0) is 52.9 Å². The summed E-state index contributed by atoms with van der Waals surface area (Å²) in [6.07, 6.45) is 3.46. The van der Waals surface area contributed by atoms with Crippen LogP contribution in [0.3, 0.4) is 0 Å². The maximum Gasteiger partial charge on any atom is 0.225 e. The van der Waals surface area contributed by atoms with Gasteiger partial charge >= 0.3 is 0 Å². The zero-order valence-corrected chi connectivity index (χ0v) is 12.7. The topological polar surface area (TPSA) is 55.1 Å². The van der Waals surface area contributed by atoms with Crippen LogP contribution in [-0.4, -0.2) is 12.5 Å². The Kier molecular flexibility index (Phi) is 4.48. The van der Waals surface area contributed by atoms with Gasteiger partial charge in [-0.15, -0.1) is 0 Å². The van der Waals surface area contributed by atoms with E-state index >= 15 is 0 Å². The Morgan fingerprint density at radius 3 is 2.68 bits per heavy atom. The first kappa shape index (κ1) is 14.8. The molecule has 2 rings (SSSR count). The number of carbonyl (C=O) groups is 1. The van der Waals surface area contributed by atoms with Gasteiger partial charge in [0, 0.05) is 10.9 Å². The van der Waals surface area contributed by atoms with Crippen LogP contribution >= 0.6 is 27.5 Å². The van der Waals surface area contributed by atoms with Gasteiger partial charge in [0.25, 0.3) is 0 Å². The van der Waals surface area contributed by atoms with E-state index in [1.807, 2.05) is 0 Å². The first-order chi connectivity index (χ1) is 8.96. The molecule has 0 spiro atoms. The molecule has 3 N–H and O–H groups in total. The van der Waals surface area contributed by atoms with Gasteiger partial charge in [-0.2, -0.15) is 0 Å². The Labute approximate surface area is 124 Å². The lowest BCUT2D eigenvalue weighted by Crippen LogP contribution is -2.40. The molecule has 0 unspecified atom stereocenters. The molecule has 0 aromatic heterocycles. The average molecular weight is 350 g/mol. The fourth-order valence-corrected chi connectivity index (χ4v) is 3.21. The summed E-state index contributed by atoms with van der Waals surface area (Å²) < 4.78 is 13.5. The van der Waals surface area contributed by atoms with Crippen LogP contribution < -0.4 is 11.1 Å². The Bertz CT molecular complexity index is 477. The van der Waals surface area contributed by atoms with E-state index in [0.717, 1.165) is 19.3 Å². The maximum atomic E-state index is 13.1. The van der Waals surface area contributed by atoms with E-state index in [0.29, 0.717) is 23.1 Å². The van der Waals surface area contributed by atoms with Gasteiger partial charge in [0.1, 0.15) is 5.82 Å². The number of anilines is 1. The lowest BCUT2D eigenvalue weighted by Gasteiger charge is -2.40. The Hall–Kier alpha value is -0.650. The third kappa shape index (κ3) is 3.27. The smallest absolute Gasteiger partial charge is 0.225 e. The SMILES string of the molecule is NCC1(CC(=O)Nc2c(Cl)cc(F)cc2Br)CCC1. The van der Waals surface area contributed by atoms with Gasteiger partial charge in [0.2, 0.25) is 5.91 Å². The van der Waals surface area contributed by atoms with Crippen molar-refractivity contribution in [1.29, 1.82) is 0 Å². The maximum absolute atomic E-state index is 13.1. The highest BCUT2D eigenvalue weighted by molar-refractivity contribution is 9.10. The van der Waals surface area contributed by atoms with Crippen molar-refractivity contribution in [2.24, 2.45) is 11.1 Å². The molecule has 6 heteroatoms. The fraction of sp³-hybridized carbons (Fsp3) is 0.462. The quantitative estimate of drug-likeness (QED) is 0.871. The third-order valence-electron chi connectivity index (χ3n) is 3.65. The zero-order valence-electron chi connectivity index (χ0n) is 10.3. The largest absolute Gasteiger partial charge is 0.330 e. The fourth-order valence-electron chi connectivity index (χ4n) is 2.32. The van der Waals surface area contributed by atoms with E-state index in [4.69, 9.17) is 17.3 Å². The molecule has 0 heterocycles. The third-order valence-corrected chi connectivity index (χ3v) is 4.58. The second kappa shape index (κ2) is 5.77. The minimum atomic E-state index is -0.452. The van der Waals surface area contributed by atoms with Crippen LogP contribution in [0.2, 0.25) is 5.02 Å². The van der Waals surface area contributed by atoms with Gasteiger partial charge < -0.3 is 11.1 Å². The van der Waals surface area contributed by atoms with Crippen molar-refractivity contribution < 1.29 is 9.18 Å². The number of hydrogen-bond acceptors (Lipinski definition) is 2. The second-order valence-electron chi connectivity index (χ2n) is 5.03. The molecule has 1 amide bonds. The summed E-state index contributed by atoms with van der Waals surface area (Å²) in [4.78, 5) is 12.0. The number of nitrogens with one attached hydrogen (secondary N) is 1. The number of nitrogens with two attached hydrogens (primary N) is 1. The predicted octanol–water partition coefficient (Wildman–Crippen LogP) is 3.70. The first-order valence-corrected chi connectivity index (χ1v) is 7.27. The van der Waals surface area contributed by atoms with Crippen molar-refractivity contribution in [2.45, 2.75) is 25.7 Å². The number of rotatable bonds is 4. The number of amides is 1.